The Balaban J connectivity index is 0.00000320. The van der Waals surface area contributed by atoms with E-state index in [1.165, 1.54) is 18.2 Å². The predicted molar refractivity (Wildman–Crippen MR) is 122 cm³/mol. The molecule has 7 nitrogen and oxygen atoms in total. The SMILES string of the molecule is CN=C(NC1CC1c1c(F)cccc1F)N1CCN(CC(=O)NCCOC)CC1.I. The number of benzene rings is 1. The zero-order chi connectivity index (χ0) is 20.8. The summed E-state index contributed by atoms with van der Waals surface area (Å²) in [5.74, 6) is -0.437. The number of ether oxygens (including phenoxy) is 1. The maximum absolute atomic E-state index is 14.0. The zero-order valence-corrected chi connectivity index (χ0v) is 19.7. The maximum atomic E-state index is 14.0. The van der Waals surface area contributed by atoms with Crippen molar-refractivity contribution < 1.29 is 18.3 Å². The summed E-state index contributed by atoms with van der Waals surface area (Å²) < 4.78 is 32.9. The topological polar surface area (TPSA) is 69.2 Å². The summed E-state index contributed by atoms with van der Waals surface area (Å²) in [5.41, 5.74) is 0.157. The molecule has 3 rings (SSSR count). The van der Waals surface area contributed by atoms with E-state index in [4.69, 9.17) is 4.74 Å². The molecule has 1 heterocycles. The van der Waals surface area contributed by atoms with Crippen LogP contribution in [-0.4, -0.2) is 87.7 Å². The minimum atomic E-state index is -0.494. The highest BCUT2D eigenvalue weighted by Crippen LogP contribution is 2.43. The fourth-order valence-electron chi connectivity index (χ4n) is 3.67. The van der Waals surface area contributed by atoms with Gasteiger partial charge in [0.2, 0.25) is 5.91 Å². The highest BCUT2D eigenvalue weighted by Gasteiger charge is 2.43. The molecule has 1 aromatic carbocycles. The Bertz CT molecular complexity index is 724. The lowest BCUT2D eigenvalue weighted by molar-refractivity contribution is -0.122. The fourth-order valence-corrected chi connectivity index (χ4v) is 3.67. The van der Waals surface area contributed by atoms with Crippen molar-refractivity contribution in [1.82, 2.24) is 20.4 Å². The smallest absolute Gasteiger partial charge is 0.234 e. The third-order valence-corrected chi connectivity index (χ3v) is 5.35. The van der Waals surface area contributed by atoms with Gasteiger partial charge in [-0.1, -0.05) is 6.07 Å². The number of hydrogen-bond acceptors (Lipinski definition) is 4. The third kappa shape index (κ3) is 6.48. The van der Waals surface area contributed by atoms with Crippen molar-refractivity contribution in [3.05, 3.63) is 35.4 Å². The van der Waals surface area contributed by atoms with E-state index in [0.29, 0.717) is 26.1 Å². The molecule has 1 amide bonds. The molecule has 10 heteroatoms. The lowest BCUT2D eigenvalue weighted by atomic mass is 10.1. The predicted octanol–water partition coefficient (Wildman–Crippen LogP) is 1.39. The van der Waals surface area contributed by atoms with Crippen molar-refractivity contribution in [3.8, 4) is 0 Å². The van der Waals surface area contributed by atoms with Gasteiger partial charge in [0, 0.05) is 64.4 Å². The molecule has 2 unspecified atom stereocenters. The van der Waals surface area contributed by atoms with E-state index < -0.39 is 11.6 Å². The summed E-state index contributed by atoms with van der Waals surface area (Å²) in [4.78, 5) is 20.5. The molecule has 0 bridgehead atoms. The normalized spacial score (nSPS) is 21.7. The molecular weight excluding hydrogens is 507 g/mol. The van der Waals surface area contributed by atoms with Crippen LogP contribution in [-0.2, 0) is 9.53 Å². The van der Waals surface area contributed by atoms with Gasteiger partial charge in [0.15, 0.2) is 5.96 Å². The van der Waals surface area contributed by atoms with Gasteiger partial charge in [-0.05, 0) is 18.6 Å². The van der Waals surface area contributed by atoms with Crippen LogP contribution < -0.4 is 10.6 Å². The summed E-state index contributed by atoms with van der Waals surface area (Å²) in [6.07, 6.45) is 0.679. The number of amides is 1. The molecule has 1 saturated heterocycles. The number of hydrogen-bond donors (Lipinski definition) is 2. The number of guanidine groups is 1. The molecule has 168 valence electrons. The number of nitrogens with one attached hydrogen (secondary N) is 2. The van der Waals surface area contributed by atoms with Gasteiger partial charge in [0.25, 0.3) is 0 Å². The zero-order valence-electron chi connectivity index (χ0n) is 17.4. The van der Waals surface area contributed by atoms with Crippen LogP contribution in [0.5, 0.6) is 0 Å². The van der Waals surface area contributed by atoms with E-state index in [1.54, 1.807) is 14.2 Å². The second kappa shape index (κ2) is 11.8. The minimum absolute atomic E-state index is 0. The molecule has 2 N–H and O–H groups in total. The number of carbonyl (C=O) groups excluding carboxylic acids is 1. The van der Waals surface area contributed by atoms with E-state index in [9.17, 15) is 13.6 Å². The van der Waals surface area contributed by atoms with Gasteiger partial charge in [-0.25, -0.2) is 8.78 Å². The van der Waals surface area contributed by atoms with Crippen LogP contribution in [0.2, 0.25) is 0 Å². The molecular formula is C20H30F2IN5O2. The van der Waals surface area contributed by atoms with E-state index in [-0.39, 0.29) is 47.4 Å². The summed E-state index contributed by atoms with van der Waals surface area (Å²) >= 11 is 0. The molecule has 1 aliphatic carbocycles. The molecule has 2 aliphatic rings. The molecule has 1 saturated carbocycles. The Morgan fingerprint density at radius 2 is 1.90 bits per heavy atom. The summed E-state index contributed by atoms with van der Waals surface area (Å²) in [6.45, 7) is 4.33. The Hall–Kier alpha value is -1.53. The summed E-state index contributed by atoms with van der Waals surface area (Å²) in [5, 5.41) is 6.16. The Morgan fingerprint density at radius 3 is 2.50 bits per heavy atom. The molecule has 1 aromatic rings. The van der Waals surface area contributed by atoms with Crippen molar-refractivity contribution in [2.24, 2.45) is 4.99 Å². The molecule has 0 radical (unpaired) electrons. The monoisotopic (exact) mass is 537 g/mol. The number of carbonyl (C=O) groups is 1. The number of nitrogens with zero attached hydrogens (tertiary/aromatic N) is 3. The van der Waals surface area contributed by atoms with Gasteiger partial charge in [0.05, 0.1) is 13.2 Å². The first-order valence-corrected chi connectivity index (χ1v) is 9.93. The lowest BCUT2D eigenvalue weighted by Gasteiger charge is -2.36. The van der Waals surface area contributed by atoms with Crippen molar-refractivity contribution >= 4 is 35.8 Å². The molecule has 2 fully saturated rings. The van der Waals surface area contributed by atoms with Crippen LogP contribution in [0, 0.1) is 11.6 Å². The fraction of sp³-hybridized carbons (Fsp3) is 0.600. The average Bonchev–Trinajstić information content (AvgIpc) is 3.45. The van der Waals surface area contributed by atoms with Gasteiger partial charge < -0.3 is 20.3 Å². The number of rotatable bonds is 7. The van der Waals surface area contributed by atoms with E-state index in [1.807, 2.05) is 0 Å². The molecule has 30 heavy (non-hydrogen) atoms. The number of aliphatic imine (C=N–C) groups is 1. The number of methoxy groups -OCH3 is 1. The van der Waals surface area contributed by atoms with E-state index in [2.05, 4.69) is 25.4 Å². The third-order valence-electron chi connectivity index (χ3n) is 5.35. The second-order valence-electron chi connectivity index (χ2n) is 7.38. The summed E-state index contributed by atoms with van der Waals surface area (Å²) in [7, 11) is 3.31. The highest BCUT2D eigenvalue weighted by molar-refractivity contribution is 14.0. The summed E-state index contributed by atoms with van der Waals surface area (Å²) in [6, 6.07) is 3.96. The quantitative estimate of drug-likeness (QED) is 0.238. The lowest BCUT2D eigenvalue weighted by Crippen LogP contribution is -2.54. The average molecular weight is 537 g/mol. The van der Waals surface area contributed by atoms with Gasteiger partial charge in [-0.15, -0.1) is 24.0 Å². The van der Waals surface area contributed by atoms with Crippen LogP contribution in [0.4, 0.5) is 8.78 Å². The molecule has 0 aromatic heterocycles. The van der Waals surface area contributed by atoms with Crippen LogP contribution in [0.1, 0.15) is 17.9 Å². The molecule has 0 spiro atoms. The molecule has 2 atom stereocenters. The Labute approximate surface area is 193 Å². The van der Waals surface area contributed by atoms with Gasteiger partial charge in [-0.3, -0.25) is 14.7 Å². The maximum Gasteiger partial charge on any atom is 0.234 e. The Morgan fingerprint density at radius 1 is 1.23 bits per heavy atom. The molecule has 1 aliphatic heterocycles. The van der Waals surface area contributed by atoms with Gasteiger partial charge in [-0.2, -0.15) is 0 Å². The second-order valence-corrected chi connectivity index (χ2v) is 7.38. The Kier molecular flexibility index (Phi) is 9.69. The standard InChI is InChI=1S/C20H29F2N5O2.HI/c1-23-20(25-17-12-14(17)19-15(21)4-3-5-16(19)22)27-9-7-26(8-10-27)13-18(28)24-6-11-29-2;/h3-5,14,17H,6-13H2,1-2H3,(H,23,25)(H,24,28);1H. The largest absolute Gasteiger partial charge is 0.383 e. The first kappa shape index (κ1) is 24.7. The van der Waals surface area contributed by atoms with Crippen LogP contribution in [0.25, 0.3) is 0 Å². The number of piperazine rings is 1. The minimum Gasteiger partial charge on any atom is -0.383 e. The van der Waals surface area contributed by atoms with E-state index >= 15 is 0 Å². The van der Waals surface area contributed by atoms with Crippen LogP contribution in [0.15, 0.2) is 23.2 Å². The van der Waals surface area contributed by atoms with Crippen molar-refractivity contribution in [2.45, 2.75) is 18.4 Å². The van der Waals surface area contributed by atoms with Crippen molar-refractivity contribution in [2.75, 3.05) is 60.0 Å². The first-order chi connectivity index (χ1) is 14.0. The van der Waals surface area contributed by atoms with Crippen LogP contribution in [0.3, 0.4) is 0 Å². The first-order valence-electron chi connectivity index (χ1n) is 9.93. The van der Waals surface area contributed by atoms with E-state index in [0.717, 1.165) is 32.1 Å². The van der Waals surface area contributed by atoms with Crippen molar-refractivity contribution in [3.63, 3.8) is 0 Å². The van der Waals surface area contributed by atoms with Crippen molar-refractivity contribution in [1.29, 1.82) is 0 Å². The van der Waals surface area contributed by atoms with Crippen LogP contribution >= 0.6 is 24.0 Å². The highest BCUT2D eigenvalue weighted by atomic mass is 127. The number of halogens is 3. The van der Waals surface area contributed by atoms with Gasteiger partial charge >= 0.3 is 0 Å². The van der Waals surface area contributed by atoms with Gasteiger partial charge in [0.1, 0.15) is 11.6 Å².